The predicted octanol–water partition coefficient (Wildman–Crippen LogP) is 3.69. The lowest BCUT2D eigenvalue weighted by Gasteiger charge is -2.19. The Hall–Kier alpha value is -3.66. The van der Waals surface area contributed by atoms with Crippen molar-refractivity contribution in [1.29, 1.82) is 5.26 Å². The number of ether oxygens (including phenoxy) is 1. The van der Waals surface area contributed by atoms with Gasteiger partial charge in [0.15, 0.2) is 0 Å². The molecule has 162 valence electrons. The highest BCUT2D eigenvalue weighted by Crippen LogP contribution is 2.44. The maximum Gasteiger partial charge on any atom is 0.407 e. The maximum absolute atomic E-state index is 12.2. The zero-order valence-corrected chi connectivity index (χ0v) is 17.4. The van der Waals surface area contributed by atoms with Gasteiger partial charge in [-0.3, -0.25) is 0 Å². The second-order valence-electron chi connectivity index (χ2n) is 7.80. The summed E-state index contributed by atoms with van der Waals surface area (Å²) in [6, 6.07) is 25.0. The van der Waals surface area contributed by atoms with Crippen LogP contribution in [0.1, 0.15) is 34.3 Å². The third-order valence-electron chi connectivity index (χ3n) is 5.77. The summed E-state index contributed by atoms with van der Waals surface area (Å²) in [5.41, 5.74) is 5.88. The standard InChI is InChI=1S/C26H24N2O4/c27-14-13-17-9-11-18(12-10-17)25(30)24(29)15-28-26(31)32-16-23-21-7-3-1-5-19(21)20-6-2-4-8-22(20)23/h1-12,23-25,29-30H,13,15-16H2,(H,28,31). The van der Waals surface area contributed by atoms with Gasteiger partial charge in [-0.1, -0.05) is 72.8 Å². The van der Waals surface area contributed by atoms with Crippen LogP contribution < -0.4 is 5.32 Å². The van der Waals surface area contributed by atoms with E-state index < -0.39 is 18.3 Å². The molecule has 1 aliphatic carbocycles. The number of nitrogens with zero attached hydrogens (tertiary/aromatic N) is 1. The van der Waals surface area contributed by atoms with Crippen molar-refractivity contribution < 1.29 is 19.7 Å². The number of alkyl carbamates (subject to hydrolysis) is 1. The summed E-state index contributed by atoms with van der Waals surface area (Å²) >= 11 is 0. The molecule has 0 saturated carbocycles. The Morgan fingerprint density at radius 1 is 0.969 bits per heavy atom. The van der Waals surface area contributed by atoms with Gasteiger partial charge >= 0.3 is 6.09 Å². The van der Waals surface area contributed by atoms with Crippen LogP contribution in [0.5, 0.6) is 0 Å². The molecule has 0 heterocycles. The minimum absolute atomic E-state index is 0.0458. The van der Waals surface area contributed by atoms with Crippen LogP contribution in [0.4, 0.5) is 4.79 Å². The van der Waals surface area contributed by atoms with Crippen molar-refractivity contribution in [2.24, 2.45) is 0 Å². The van der Waals surface area contributed by atoms with E-state index in [1.165, 1.54) is 0 Å². The van der Waals surface area contributed by atoms with Gasteiger partial charge in [0.25, 0.3) is 0 Å². The molecule has 0 spiro atoms. The van der Waals surface area contributed by atoms with E-state index in [4.69, 9.17) is 10.00 Å². The second kappa shape index (κ2) is 9.65. The fraction of sp³-hybridized carbons (Fsp3) is 0.231. The minimum atomic E-state index is -1.20. The number of fused-ring (bicyclic) bond motifs is 3. The molecule has 0 aromatic heterocycles. The first kappa shape index (κ1) is 21.6. The van der Waals surface area contributed by atoms with Gasteiger partial charge in [-0.2, -0.15) is 5.26 Å². The van der Waals surface area contributed by atoms with Gasteiger partial charge in [-0.15, -0.1) is 0 Å². The van der Waals surface area contributed by atoms with E-state index in [-0.39, 0.29) is 25.5 Å². The van der Waals surface area contributed by atoms with Crippen LogP contribution in [0, 0.1) is 11.3 Å². The lowest BCUT2D eigenvalue weighted by molar-refractivity contribution is 0.0185. The number of carbonyl (C=O) groups excluding carboxylic acids is 1. The number of aliphatic hydroxyl groups is 2. The van der Waals surface area contributed by atoms with Crippen LogP contribution in [-0.4, -0.2) is 35.6 Å². The Morgan fingerprint density at radius 2 is 1.56 bits per heavy atom. The average molecular weight is 428 g/mol. The van der Waals surface area contributed by atoms with Crippen LogP contribution in [0.3, 0.4) is 0 Å². The van der Waals surface area contributed by atoms with E-state index in [9.17, 15) is 15.0 Å². The number of hydrogen-bond donors (Lipinski definition) is 3. The van der Waals surface area contributed by atoms with Crippen LogP contribution in [-0.2, 0) is 11.2 Å². The zero-order chi connectivity index (χ0) is 22.5. The Balaban J connectivity index is 1.31. The number of hydrogen-bond acceptors (Lipinski definition) is 5. The largest absolute Gasteiger partial charge is 0.449 e. The molecular formula is C26H24N2O4. The number of rotatable bonds is 7. The molecule has 1 amide bonds. The Labute approximate surface area is 186 Å². The SMILES string of the molecule is N#CCc1ccc(C(O)C(O)CNC(=O)OCC2c3ccccc3-c3ccccc32)cc1. The van der Waals surface area contributed by atoms with E-state index in [0.717, 1.165) is 27.8 Å². The molecule has 6 heteroatoms. The molecular weight excluding hydrogens is 404 g/mol. The van der Waals surface area contributed by atoms with E-state index in [1.54, 1.807) is 24.3 Å². The van der Waals surface area contributed by atoms with Crippen LogP contribution >= 0.6 is 0 Å². The van der Waals surface area contributed by atoms with Crippen molar-refractivity contribution in [1.82, 2.24) is 5.32 Å². The van der Waals surface area contributed by atoms with E-state index in [0.29, 0.717) is 5.56 Å². The Bertz CT molecular complexity index is 1090. The van der Waals surface area contributed by atoms with E-state index >= 15 is 0 Å². The molecule has 3 aromatic carbocycles. The summed E-state index contributed by atoms with van der Waals surface area (Å²) in [5.74, 6) is -0.0458. The van der Waals surface area contributed by atoms with Gasteiger partial charge in [0.2, 0.25) is 0 Å². The molecule has 0 radical (unpaired) electrons. The molecule has 0 aliphatic heterocycles. The molecule has 2 atom stereocenters. The number of amides is 1. The molecule has 6 nitrogen and oxygen atoms in total. The second-order valence-corrected chi connectivity index (χ2v) is 7.80. The Kier molecular flexibility index (Phi) is 6.50. The minimum Gasteiger partial charge on any atom is -0.449 e. The highest BCUT2D eigenvalue weighted by Gasteiger charge is 2.29. The molecule has 4 rings (SSSR count). The lowest BCUT2D eigenvalue weighted by atomic mass is 9.98. The van der Waals surface area contributed by atoms with Crippen molar-refractivity contribution in [2.45, 2.75) is 24.5 Å². The van der Waals surface area contributed by atoms with Gasteiger partial charge in [0, 0.05) is 12.5 Å². The number of nitrogens with one attached hydrogen (secondary N) is 1. The monoisotopic (exact) mass is 428 g/mol. The first-order valence-corrected chi connectivity index (χ1v) is 10.5. The molecule has 0 saturated heterocycles. The topological polar surface area (TPSA) is 103 Å². The molecule has 3 aromatic rings. The number of aliphatic hydroxyl groups excluding tert-OH is 2. The molecule has 2 unspecified atom stereocenters. The number of nitriles is 1. The van der Waals surface area contributed by atoms with Crippen molar-refractivity contribution in [2.75, 3.05) is 13.2 Å². The predicted molar refractivity (Wildman–Crippen MR) is 120 cm³/mol. The quantitative estimate of drug-likeness (QED) is 0.533. The number of benzene rings is 3. The van der Waals surface area contributed by atoms with Crippen molar-refractivity contribution in [3.8, 4) is 17.2 Å². The number of carbonyl (C=O) groups is 1. The van der Waals surface area contributed by atoms with Crippen LogP contribution in [0.2, 0.25) is 0 Å². The van der Waals surface area contributed by atoms with Crippen molar-refractivity contribution >= 4 is 6.09 Å². The van der Waals surface area contributed by atoms with Crippen LogP contribution in [0.25, 0.3) is 11.1 Å². The average Bonchev–Trinajstić information content (AvgIpc) is 3.15. The molecule has 0 bridgehead atoms. The summed E-state index contributed by atoms with van der Waals surface area (Å²) in [5, 5.41) is 31.8. The fourth-order valence-electron chi connectivity index (χ4n) is 4.10. The van der Waals surface area contributed by atoms with Crippen molar-refractivity contribution in [3.05, 3.63) is 95.1 Å². The smallest absolute Gasteiger partial charge is 0.407 e. The van der Waals surface area contributed by atoms with Gasteiger partial charge in [-0.25, -0.2) is 4.79 Å². The van der Waals surface area contributed by atoms with Gasteiger partial charge in [0.05, 0.1) is 12.5 Å². The Morgan fingerprint density at radius 3 is 2.16 bits per heavy atom. The first-order chi connectivity index (χ1) is 15.6. The van der Waals surface area contributed by atoms with Gasteiger partial charge in [0.1, 0.15) is 18.8 Å². The van der Waals surface area contributed by atoms with Gasteiger partial charge in [-0.05, 0) is 33.4 Å². The summed E-state index contributed by atoms with van der Waals surface area (Å²) in [6.07, 6.45) is -2.73. The summed E-state index contributed by atoms with van der Waals surface area (Å²) in [4.78, 5) is 12.2. The maximum atomic E-state index is 12.2. The summed E-state index contributed by atoms with van der Waals surface area (Å²) < 4.78 is 5.44. The third-order valence-corrected chi connectivity index (χ3v) is 5.77. The molecule has 32 heavy (non-hydrogen) atoms. The molecule has 0 fully saturated rings. The first-order valence-electron chi connectivity index (χ1n) is 10.5. The van der Waals surface area contributed by atoms with E-state index in [1.807, 2.05) is 36.4 Å². The highest BCUT2D eigenvalue weighted by molar-refractivity contribution is 5.79. The highest BCUT2D eigenvalue weighted by atomic mass is 16.5. The zero-order valence-electron chi connectivity index (χ0n) is 17.4. The fourth-order valence-corrected chi connectivity index (χ4v) is 4.10. The summed E-state index contributed by atoms with van der Waals surface area (Å²) in [6.45, 7) is 0.0245. The van der Waals surface area contributed by atoms with Crippen LogP contribution in [0.15, 0.2) is 72.8 Å². The van der Waals surface area contributed by atoms with Gasteiger partial charge < -0.3 is 20.3 Å². The molecule has 1 aliphatic rings. The third kappa shape index (κ3) is 4.50. The van der Waals surface area contributed by atoms with E-state index in [2.05, 4.69) is 23.5 Å². The van der Waals surface area contributed by atoms with Crippen molar-refractivity contribution in [3.63, 3.8) is 0 Å². The summed E-state index contributed by atoms with van der Waals surface area (Å²) in [7, 11) is 0. The normalized spacial score (nSPS) is 14.0. The lowest BCUT2D eigenvalue weighted by Crippen LogP contribution is -2.36. The molecule has 3 N–H and O–H groups in total.